The van der Waals surface area contributed by atoms with E-state index in [4.69, 9.17) is 16.2 Å². The summed E-state index contributed by atoms with van der Waals surface area (Å²) in [5, 5.41) is 7.44. The van der Waals surface area contributed by atoms with Crippen molar-refractivity contribution in [3.63, 3.8) is 0 Å². The molecule has 1 fully saturated rings. The van der Waals surface area contributed by atoms with Crippen LogP contribution in [0.3, 0.4) is 0 Å². The molecule has 0 aromatic carbocycles. The zero-order valence-corrected chi connectivity index (χ0v) is 9.67. The first kappa shape index (κ1) is 11.8. The van der Waals surface area contributed by atoms with Crippen molar-refractivity contribution in [2.24, 2.45) is 5.73 Å². The van der Waals surface area contributed by atoms with Crippen LogP contribution in [0.2, 0.25) is 0 Å². The summed E-state index contributed by atoms with van der Waals surface area (Å²) < 4.78 is 7.02. The SMILES string of the molecule is CN1CCOC(Cn2nnc(C(N)=O)c2N)C1. The van der Waals surface area contributed by atoms with Crippen molar-refractivity contribution in [2.75, 3.05) is 32.5 Å². The second-order valence-corrected chi connectivity index (χ2v) is 4.12. The highest BCUT2D eigenvalue weighted by molar-refractivity contribution is 5.94. The van der Waals surface area contributed by atoms with Crippen LogP contribution < -0.4 is 11.5 Å². The summed E-state index contributed by atoms with van der Waals surface area (Å²) in [5.41, 5.74) is 10.8. The van der Waals surface area contributed by atoms with E-state index in [0.717, 1.165) is 13.1 Å². The van der Waals surface area contributed by atoms with Gasteiger partial charge in [-0.15, -0.1) is 5.10 Å². The lowest BCUT2D eigenvalue weighted by atomic mass is 10.3. The van der Waals surface area contributed by atoms with Crippen LogP contribution in [0, 0.1) is 0 Å². The first-order valence-electron chi connectivity index (χ1n) is 5.37. The second kappa shape index (κ2) is 4.68. The fourth-order valence-electron chi connectivity index (χ4n) is 1.80. The van der Waals surface area contributed by atoms with Crippen molar-refractivity contribution in [2.45, 2.75) is 12.6 Å². The summed E-state index contributed by atoms with van der Waals surface area (Å²) >= 11 is 0. The van der Waals surface area contributed by atoms with Crippen molar-refractivity contribution in [1.29, 1.82) is 0 Å². The number of hydrogen-bond donors (Lipinski definition) is 2. The van der Waals surface area contributed by atoms with Gasteiger partial charge < -0.3 is 21.1 Å². The van der Waals surface area contributed by atoms with E-state index in [1.807, 2.05) is 7.05 Å². The van der Waals surface area contributed by atoms with Gasteiger partial charge in [0.2, 0.25) is 0 Å². The number of nitrogens with zero attached hydrogens (tertiary/aromatic N) is 4. The average molecular weight is 240 g/mol. The molecular formula is C9H16N6O2. The molecule has 0 bridgehead atoms. The van der Waals surface area contributed by atoms with Crippen LogP contribution in [0.15, 0.2) is 0 Å². The van der Waals surface area contributed by atoms with Gasteiger partial charge in [0, 0.05) is 13.1 Å². The van der Waals surface area contributed by atoms with Crippen LogP contribution in [0.25, 0.3) is 0 Å². The molecule has 2 rings (SSSR count). The zero-order chi connectivity index (χ0) is 12.4. The van der Waals surface area contributed by atoms with E-state index in [-0.39, 0.29) is 17.6 Å². The minimum atomic E-state index is -0.671. The Morgan fingerprint density at radius 1 is 1.65 bits per heavy atom. The number of hydrogen-bond acceptors (Lipinski definition) is 6. The van der Waals surface area contributed by atoms with Gasteiger partial charge in [0.15, 0.2) is 11.5 Å². The zero-order valence-electron chi connectivity index (χ0n) is 9.67. The van der Waals surface area contributed by atoms with E-state index in [1.165, 1.54) is 4.68 Å². The summed E-state index contributed by atoms with van der Waals surface area (Å²) in [6.45, 7) is 2.86. The van der Waals surface area contributed by atoms with Gasteiger partial charge in [0.1, 0.15) is 0 Å². The van der Waals surface area contributed by atoms with Crippen LogP contribution >= 0.6 is 0 Å². The molecule has 8 nitrogen and oxygen atoms in total. The lowest BCUT2D eigenvalue weighted by Crippen LogP contribution is -2.42. The van der Waals surface area contributed by atoms with Gasteiger partial charge >= 0.3 is 0 Å². The number of morpholine rings is 1. The molecule has 1 atom stereocenters. The van der Waals surface area contributed by atoms with E-state index < -0.39 is 5.91 Å². The smallest absolute Gasteiger partial charge is 0.273 e. The topological polar surface area (TPSA) is 112 Å². The van der Waals surface area contributed by atoms with Crippen LogP contribution in [-0.4, -0.2) is 58.6 Å². The third-order valence-electron chi connectivity index (χ3n) is 2.73. The molecule has 0 radical (unpaired) electrons. The van der Waals surface area contributed by atoms with Gasteiger partial charge in [-0.1, -0.05) is 5.21 Å². The van der Waals surface area contributed by atoms with E-state index in [9.17, 15) is 4.79 Å². The van der Waals surface area contributed by atoms with Gasteiger partial charge in [0.05, 0.1) is 19.3 Å². The van der Waals surface area contributed by atoms with Crippen LogP contribution in [0.1, 0.15) is 10.5 Å². The summed E-state index contributed by atoms with van der Waals surface area (Å²) in [4.78, 5) is 13.1. The van der Waals surface area contributed by atoms with E-state index in [2.05, 4.69) is 15.2 Å². The van der Waals surface area contributed by atoms with Crippen molar-refractivity contribution >= 4 is 11.7 Å². The van der Waals surface area contributed by atoms with Gasteiger partial charge in [-0.2, -0.15) is 0 Å². The molecule has 8 heteroatoms. The summed E-state index contributed by atoms with van der Waals surface area (Å²) in [6, 6.07) is 0. The van der Waals surface area contributed by atoms with Gasteiger partial charge in [-0.25, -0.2) is 4.68 Å². The summed E-state index contributed by atoms with van der Waals surface area (Å²) in [5.74, 6) is -0.482. The maximum atomic E-state index is 11.0. The number of anilines is 1. The number of carbonyl (C=O) groups is 1. The number of likely N-dealkylation sites (N-methyl/N-ethyl adjacent to an activating group) is 1. The number of nitrogens with two attached hydrogens (primary N) is 2. The Morgan fingerprint density at radius 2 is 2.41 bits per heavy atom. The Morgan fingerprint density at radius 3 is 3.00 bits per heavy atom. The quantitative estimate of drug-likeness (QED) is 0.650. The molecule has 1 aliphatic heterocycles. The Balaban J connectivity index is 2.05. The first-order valence-corrected chi connectivity index (χ1v) is 5.37. The highest BCUT2D eigenvalue weighted by atomic mass is 16.5. The van der Waals surface area contributed by atoms with E-state index in [0.29, 0.717) is 13.2 Å². The third kappa shape index (κ3) is 2.53. The molecule has 1 aromatic heterocycles. The maximum absolute atomic E-state index is 11.0. The summed E-state index contributed by atoms with van der Waals surface area (Å²) in [7, 11) is 2.02. The molecule has 0 aliphatic carbocycles. The standard InChI is InChI=1S/C9H16N6O2/c1-14-2-3-17-6(4-14)5-15-8(10)7(9(11)16)12-13-15/h6H,2-5,10H2,1H3,(H2,11,16). The fraction of sp³-hybridized carbons (Fsp3) is 0.667. The molecule has 1 aromatic rings. The van der Waals surface area contributed by atoms with Crippen molar-refractivity contribution in [1.82, 2.24) is 19.9 Å². The molecule has 2 heterocycles. The Kier molecular flexibility index (Phi) is 3.25. The molecule has 1 saturated heterocycles. The normalized spacial score (nSPS) is 21.6. The number of ether oxygens (including phenoxy) is 1. The van der Waals surface area contributed by atoms with Gasteiger partial charge in [-0.05, 0) is 7.05 Å². The molecule has 94 valence electrons. The number of rotatable bonds is 3. The predicted octanol–water partition coefficient (Wildman–Crippen LogP) is -1.71. The molecule has 1 aliphatic rings. The minimum Gasteiger partial charge on any atom is -0.382 e. The molecular weight excluding hydrogens is 224 g/mol. The van der Waals surface area contributed by atoms with Gasteiger partial charge in [0.25, 0.3) is 5.91 Å². The van der Waals surface area contributed by atoms with Crippen molar-refractivity contribution in [3.8, 4) is 0 Å². The van der Waals surface area contributed by atoms with Crippen LogP contribution in [0.4, 0.5) is 5.82 Å². The third-order valence-corrected chi connectivity index (χ3v) is 2.73. The number of amides is 1. The first-order chi connectivity index (χ1) is 8.08. The molecule has 0 saturated carbocycles. The largest absolute Gasteiger partial charge is 0.382 e. The number of aromatic nitrogens is 3. The second-order valence-electron chi connectivity index (χ2n) is 4.12. The Labute approximate surface area is 98.5 Å². The minimum absolute atomic E-state index is 0.00141. The van der Waals surface area contributed by atoms with Crippen molar-refractivity contribution in [3.05, 3.63) is 5.69 Å². The van der Waals surface area contributed by atoms with Gasteiger partial charge in [-0.3, -0.25) is 4.79 Å². The molecule has 1 unspecified atom stereocenters. The molecule has 1 amide bonds. The van der Waals surface area contributed by atoms with E-state index >= 15 is 0 Å². The van der Waals surface area contributed by atoms with Crippen LogP contribution in [0.5, 0.6) is 0 Å². The fourth-order valence-corrected chi connectivity index (χ4v) is 1.80. The molecule has 0 spiro atoms. The monoisotopic (exact) mass is 240 g/mol. The molecule has 17 heavy (non-hydrogen) atoms. The highest BCUT2D eigenvalue weighted by Crippen LogP contribution is 2.11. The Bertz CT molecular complexity index is 418. The van der Waals surface area contributed by atoms with E-state index in [1.54, 1.807) is 0 Å². The maximum Gasteiger partial charge on any atom is 0.273 e. The number of primary amides is 1. The van der Waals surface area contributed by atoms with Crippen LogP contribution in [-0.2, 0) is 11.3 Å². The Hall–Kier alpha value is -1.67. The average Bonchev–Trinajstić information content (AvgIpc) is 2.61. The molecule has 4 N–H and O–H groups in total. The highest BCUT2D eigenvalue weighted by Gasteiger charge is 2.21. The lowest BCUT2D eigenvalue weighted by Gasteiger charge is -2.29. The number of carbonyl (C=O) groups excluding carboxylic acids is 1. The lowest BCUT2D eigenvalue weighted by molar-refractivity contribution is -0.0289. The predicted molar refractivity (Wildman–Crippen MR) is 60.2 cm³/mol. The van der Waals surface area contributed by atoms with Crippen molar-refractivity contribution < 1.29 is 9.53 Å². The number of nitrogen functional groups attached to an aromatic ring is 1. The summed E-state index contributed by atoms with van der Waals surface area (Å²) in [6.07, 6.45) is -0.00141.